The number of aliphatic hydroxyl groups excluding tert-OH is 2. The molecule has 0 radical (unpaired) electrons. The predicted molar refractivity (Wildman–Crippen MR) is 41.0 cm³/mol. The standard InChI is InChI=1S/C7H15NO3/c1-7(2,5-10)8-6(11)3-4-9/h9-10H,3-5H2,1-2H3,(H,8,11). The Labute approximate surface area is 66.2 Å². The van der Waals surface area contributed by atoms with Crippen molar-refractivity contribution in [3.05, 3.63) is 0 Å². The monoisotopic (exact) mass is 161 g/mol. The van der Waals surface area contributed by atoms with E-state index in [1.165, 1.54) is 0 Å². The van der Waals surface area contributed by atoms with Crippen LogP contribution in [0.25, 0.3) is 0 Å². The molecular formula is C7H15NO3. The first-order valence-corrected chi connectivity index (χ1v) is 3.54. The van der Waals surface area contributed by atoms with Crippen LogP contribution in [0.5, 0.6) is 0 Å². The van der Waals surface area contributed by atoms with E-state index in [4.69, 9.17) is 10.2 Å². The number of hydrogen-bond donors (Lipinski definition) is 3. The van der Waals surface area contributed by atoms with Crippen LogP contribution in [0.3, 0.4) is 0 Å². The lowest BCUT2D eigenvalue weighted by Gasteiger charge is -2.23. The van der Waals surface area contributed by atoms with Gasteiger partial charge in [-0.15, -0.1) is 0 Å². The van der Waals surface area contributed by atoms with Gasteiger partial charge in [0.25, 0.3) is 0 Å². The lowest BCUT2D eigenvalue weighted by molar-refractivity contribution is -0.123. The molecule has 0 saturated carbocycles. The molecule has 0 aliphatic rings. The van der Waals surface area contributed by atoms with E-state index >= 15 is 0 Å². The number of carbonyl (C=O) groups is 1. The zero-order chi connectivity index (χ0) is 8.91. The van der Waals surface area contributed by atoms with Crippen LogP contribution in [0.15, 0.2) is 0 Å². The second-order valence-electron chi connectivity index (χ2n) is 3.06. The maximum Gasteiger partial charge on any atom is 0.222 e. The van der Waals surface area contributed by atoms with Gasteiger partial charge in [-0.05, 0) is 13.8 Å². The molecule has 0 aromatic carbocycles. The molecule has 0 fully saturated rings. The van der Waals surface area contributed by atoms with Crippen LogP contribution in [0, 0.1) is 0 Å². The van der Waals surface area contributed by atoms with Crippen molar-refractivity contribution < 1.29 is 15.0 Å². The highest BCUT2D eigenvalue weighted by molar-refractivity contribution is 5.76. The summed E-state index contributed by atoms with van der Waals surface area (Å²) < 4.78 is 0. The summed E-state index contributed by atoms with van der Waals surface area (Å²) in [5, 5.41) is 19.7. The van der Waals surface area contributed by atoms with Crippen molar-refractivity contribution in [1.29, 1.82) is 0 Å². The highest BCUT2D eigenvalue weighted by atomic mass is 16.3. The molecule has 0 unspecified atom stereocenters. The first-order valence-electron chi connectivity index (χ1n) is 3.54. The summed E-state index contributed by atoms with van der Waals surface area (Å²) in [5.41, 5.74) is -0.591. The summed E-state index contributed by atoms with van der Waals surface area (Å²) in [7, 11) is 0. The molecule has 0 aromatic rings. The Morgan fingerprint density at radius 2 is 2.00 bits per heavy atom. The van der Waals surface area contributed by atoms with Crippen molar-refractivity contribution >= 4 is 5.91 Å². The summed E-state index contributed by atoms with van der Waals surface area (Å²) >= 11 is 0. The fourth-order valence-corrected chi connectivity index (χ4v) is 0.581. The topological polar surface area (TPSA) is 69.6 Å². The normalized spacial score (nSPS) is 11.3. The van der Waals surface area contributed by atoms with Crippen molar-refractivity contribution in [3.8, 4) is 0 Å². The molecule has 66 valence electrons. The average molecular weight is 161 g/mol. The molecule has 1 amide bonds. The van der Waals surface area contributed by atoms with Crippen LogP contribution >= 0.6 is 0 Å². The lowest BCUT2D eigenvalue weighted by atomic mass is 10.1. The zero-order valence-electron chi connectivity index (χ0n) is 6.92. The molecule has 0 aromatic heterocycles. The van der Waals surface area contributed by atoms with E-state index in [1.807, 2.05) is 0 Å². The lowest BCUT2D eigenvalue weighted by Crippen LogP contribution is -2.46. The summed E-state index contributed by atoms with van der Waals surface area (Å²) in [6, 6.07) is 0. The molecule has 0 saturated heterocycles. The highest BCUT2D eigenvalue weighted by Gasteiger charge is 2.17. The first-order chi connectivity index (χ1) is 5.02. The second-order valence-corrected chi connectivity index (χ2v) is 3.06. The van der Waals surface area contributed by atoms with E-state index < -0.39 is 5.54 Å². The molecule has 4 nitrogen and oxygen atoms in total. The van der Waals surface area contributed by atoms with E-state index in [-0.39, 0.29) is 25.5 Å². The van der Waals surface area contributed by atoms with E-state index in [0.717, 1.165) is 0 Å². The Morgan fingerprint density at radius 3 is 2.36 bits per heavy atom. The Bertz CT molecular complexity index is 134. The SMILES string of the molecule is CC(C)(CO)NC(=O)CCO. The Hall–Kier alpha value is -0.610. The molecule has 0 heterocycles. The minimum atomic E-state index is -0.591. The third-order valence-corrected chi connectivity index (χ3v) is 1.21. The first kappa shape index (κ1) is 10.4. The predicted octanol–water partition coefficient (Wildman–Crippen LogP) is -0.744. The van der Waals surface area contributed by atoms with E-state index in [1.54, 1.807) is 13.8 Å². The van der Waals surface area contributed by atoms with Gasteiger partial charge in [0.1, 0.15) is 0 Å². The third-order valence-electron chi connectivity index (χ3n) is 1.21. The van der Waals surface area contributed by atoms with Crippen molar-refractivity contribution in [2.75, 3.05) is 13.2 Å². The van der Waals surface area contributed by atoms with Gasteiger partial charge in [-0.2, -0.15) is 0 Å². The van der Waals surface area contributed by atoms with Gasteiger partial charge in [0, 0.05) is 6.42 Å². The van der Waals surface area contributed by atoms with Gasteiger partial charge in [-0.25, -0.2) is 0 Å². The number of amides is 1. The van der Waals surface area contributed by atoms with Gasteiger partial charge in [0.05, 0.1) is 18.8 Å². The zero-order valence-corrected chi connectivity index (χ0v) is 6.92. The fraction of sp³-hybridized carbons (Fsp3) is 0.857. The molecular weight excluding hydrogens is 146 g/mol. The summed E-state index contributed by atoms with van der Waals surface area (Å²) in [6.07, 6.45) is 0.0867. The van der Waals surface area contributed by atoms with Crippen LogP contribution < -0.4 is 5.32 Å². The molecule has 4 heteroatoms. The molecule has 0 aliphatic heterocycles. The number of aliphatic hydroxyl groups is 2. The Kier molecular flexibility index (Phi) is 4.07. The number of carbonyl (C=O) groups excluding carboxylic acids is 1. The van der Waals surface area contributed by atoms with Gasteiger partial charge in [0.15, 0.2) is 0 Å². The maximum atomic E-state index is 10.8. The molecule has 0 rings (SSSR count). The number of rotatable bonds is 4. The highest BCUT2D eigenvalue weighted by Crippen LogP contribution is 1.99. The minimum Gasteiger partial charge on any atom is -0.396 e. The molecule has 3 N–H and O–H groups in total. The number of hydrogen-bond acceptors (Lipinski definition) is 3. The van der Waals surface area contributed by atoms with Crippen molar-refractivity contribution in [2.24, 2.45) is 0 Å². The van der Waals surface area contributed by atoms with Gasteiger partial charge >= 0.3 is 0 Å². The number of nitrogens with one attached hydrogen (secondary N) is 1. The van der Waals surface area contributed by atoms with Gasteiger partial charge in [0.2, 0.25) is 5.91 Å². The van der Waals surface area contributed by atoms with Crippen LogP contribution in [0.4, 0.5) is 0 Å². The Balaban J connectivity index is 3.74. The van der Waals surface area contributed by atoms with E-state index in [0.29, 0.717) is 0 Å². The van der Waals surface area contributed by atoms with Crippen molar-refractivity contribution in [1.82, 2.24) is 5.32 Å². The third kappa shape index (κ3) is 4.75. The molecule has 0 bridgehead atoms. The van der Waals surface area contributed by atoms with E-state index in [2.05, 4.69) is 5.32 Å². The molecule has 11 heavy (non-hydrogen) atoms. The van der Waals surface area contributed by atoms with Crippen LogP contribution in [0.1, 0.15) is 20.3 Å². The molecule has 0 atom stereocenters. The quantitative estimate of drug-likeness (QED) is 0.508. The minimum absolute atomic E-state index is 0.0867. The van der Waals surface area contributed by atoms with Crippen LogP contribution in [-0.2, 0) is 4.79 Å². The summed E-state index contributed by atoms with van der Waals surface area (Å²) in [6.45, 7) is 3.15. The van der Waals surface area contributed by atoms with Gasteiger partial charge in [-0.1, -0.05) is 0 Å². The van der Waals surface area contributed by atoms with E-state index in [9.17, 15) is 4.79 Å². The maximum absolute atomic E-state index is 10.8. The van der Waals surface area contributed by atoms with Crippen LogP contribution in [0.2, 0.25) is 0 Å². The van der Waals surface area contributed by atoms with Crippen molar-refractivity contribution in [2.45, 2.75) is 25.8 Å². The largest absolute Gasteiger partial charge is 0.396 e. The second kappa shape index (κ2) is 4.31. The fourth-order valence-electron chi connectivity index (χ4n) is 0.581. The summed E-state index contributed by atoms with van der Waals surface area (Å²) in [5.74, 6) is -0.244. The van der Waals surface area contributed by atoms with Gasteiger partial charge < -0.3 is 15.5 Å². The average Bonchev–Trinajstić information content (AvgIpc) is 1.87. The van der Waals surface area contributed by atoms with Crippen molar-refractivity contribution in [3.63, 3.8) is 0 Å². The smallest absolute Gasteiger partial charge is 0.222 e. The molecule has 0 aliphatic carbocycles. The Morgan fingerprint density at radius 1 is 1.45 bits per heavy atom. The summed E-state index contributed by atoms with van der Waals surface area (Å²) in [4.78, 5) is 10.8. The van der Waals surface area contributed by atoms with Crippen LogP contribution in [-0.4, -0.2) is 34.9 Å². The van der Waals surface area contributed by atoms with Gasteiger partial charge in [-0.3, -0.25) is 4.79 Å². The molecule has 0 spiro atoms.